The molecule has 1 aromatic carbocycles. The number of hydrogen-bond donors (Lipinski definition) is 1. The van der Waals surface area contributed by atoms with E-state index < -0.39 is 11.6 Å². The van der Waals surface area contributed by atoms with Crippen LogP contribution in [0.4, 0.5) is 8.78 Å². The van der Waals surface area contributed by atoms with E-state index in [1.54, 1.807) is 6.07 Å². The van der Waals surface area contributed by atoms with E-state index in [9.17, 15) is 8.78 Å². The van der Waals surface area contributed by atoms with Crippen LogP contribution in [0.15, 0.2) is 18.2 Å². The van der Waals surface area contributed by atoms with Crippen LogP contribution in [0.3, 0.4) is 0 Å². The van der Waals surface area contributed by atoms with E-state index in [1.807, 2.05) is 0 Å². The fourth-order valence-electron chi connectivity index (χ4n) is 2.11. The minimum Gasteiger partial charge on any atom is -0.314 e. The molecule has 0 aliphatic carbocycles. The molecule has 0 bridgehead atoms. The van der Waals surface area contributed by atoms with E-state index in [2.05, 4.69) is 26.1 Å². The molecule has 18 heavy (non-hydrogen) atoms. The van der Waals surface area contributed by atoms with Gasteiger partial charge in [0, 0.05) is 6.04 Å². The van der Waals surface area contributed by atoms with Crippen molar-refractivity contribution in [3.8, 4) is 0 Å². The first-order chi connectivity index (χ1) is 8.52. The zero-order valence-corrected chi connectivity index (χ0v) is 11.5. The van der Waals surface area contributed by atoms with Gasteiger partial charge in [0.1, 0.15) is 0 Å². The van der Waals surface area contributed by atoms with Crippen LogP contribution in [0.25, 0.3) is 0 Å². The Labute approximate surface area is 109 Å². The molecule has 0 aliphatic rings. The summed E-state index contributed by atoms with van der Waals surface area (Å²) in [6, 6.07) is 4.50. The molecule has 1 aromatic rings. The molecule has 1 atom stereocenters. The highest BCUT2D eigenvalue weighted by molar-refractivity contribution is 5.18. The SMILES string of the molecule is CCCNC(Cc1ccc(F)c(F)c1)CC(C)C. The van der Waals surface area contributed by atoms with E-state index in [1.165, 1.54) is 12.1 Å². The van der Waals surface area contributed by atoms with Gasteiger partial charge in [0.2, 0.25) is 0 Å². The highest BCUT2D eigenvalue weighted by Gasteiger charge is 2.12. The van der Waals surface area contributed by atoms with Crippen molar-refractivity contribution in [3.63, 3.8) is 0 Å². The molecule has 0 spiro atoms. The number of rotatable bonds is 7. The predicted octanol–water partition coefficient (Wildman–Crippen LogP) is 3.92. The Hall–Kier alpha value is -0.960. The van der Waals surface area contributed by atoms with Crippen molar-refractivity contribution in [1.82, 2.24) is 5.32 Å². The molecule has 0 fully saturated rings. The Kier molecular flexibility index (Phi) is 6.27. The van der Waals surface area contributed by atoms with Gasteiger partial charge in [-0.3, -0.25) is 0 Å². The monoisotopic (exact) mass is 255 g/mol. The van der Waals surface area contributed by atoms with Crippen LogP contribution in [-0.4, -0.2) is 12.6 Å². The smallest absolute Gasteiger partial charge is 0.159 e. The first-order valence-corrected chi connectivity index (χ1v) is 6.70. The minimum absolute atomic E-state index is 0.329. The van der Waals surface area contributed by atoms with Crippen LogP contribution in [0.1, 0.15) is 39.2 Å². The fraction of sp³-hybridized carbons (Fsp3) is 0.600. The quantitative estimate of drug-likeness (QED) is 0.778. The second kappa shape index (κ2) is 7.47. The third kappa shape index (κ3) is 5.13. The number of halogens is 2. The highest BCUT2D eigenvalue weighted by Crippen LogP contribution is 2.14. The Morgan fingerprint density at radius 3 is 2.44 bits per heavy atom. The topological polar surface area (TPSA) is 12.0 Å². The lowest BCUT2D eigenvalue weighted by Crippen LogP contribution is -2.33. The standard InChI is InChI=1S/C15H23F2N/c1-4-7-18-13(8-11(2)3)9-12-5-6-14(16)15(17)10-12/h5-6,10-11,13,18H,4,7-9H2,1-3H3. The molecule has 1 unspecified atom stereocenters. The largest absolute Gasteiger partial charge is 0.314 e. The van der Waals surface area contributed by atoms with Crippen LogP contribution in [0, 0.1) is 17.6 Å². The summed E-state index contributed by atoms with van der Waals surface area (Å²) in [6.07, 6.45) is 2.86. The lowest BCUT2D eigenvalue weighted by Gasteiger charge is -2.20. The number of nitrogens with one attached hydrogen (secondary N) is 1. The second-order valence-corrected chi connectivity index (χ2v) is 5.23. The van der Waals surface area contributed by atoms with Crippen LogP contribution in [0.5, 0.6) is 0 Å². The fourth-order valence-corrected chi connectivity index (χ4v) is 2.11. The van der Waals surface area contributed by atoms with Gasteiger partial charge >= 0.3 is 0 Å². The first-order valence-electron chi connectivity index (χ1n) is 6.70. The van der Waals surface area contributed by atoms with Gasteiger partial charge in [-0.15, -0.1) is 0 Å². The molecule has 1 rings (SSSR count). The first kappa shape index (κ1) is 15.1. The molecule has 3 heteroatoms. The Balaban J connectivity index is 2.65. The summed E-state index contributed by atoms with van der Waals surface area (Å²) in [5.74, 6) is -0.948. The van der Waals surface area contributed by atoms with Crippen LogP contribution >= 0.6 is 0 Å². The predicted molar refractivity (Wildman–Crippen MR) is 71.6 cm³/mol. The summed E-state index contributed by atoms with van der Waals surface area (Å²) in [5.41, 5.74) is 0.850. The molecule has 1 nitrogen and oxygen atoms in total. The van der Waals surface area contributed by atoms with Crippen molar-refractivity contribution in [3.05, 3.63) is 35.4 Å². The summed E-state index contributed by atoms with van der Waals surface area (Å²) in [7, 11) is 0. The summed E-state index contributed by atoms with van der Waals surface area (Å²) < 4.78 is 26.0. The number of hydrogen-bond acceptors (Lipinski definition) is 1. The lowest BCUT2D eigenvalue weighted by atomic mass is 9.97. The van der Waals surface area contributed by atoms with Crippen molar-refractivity contribution in [2.24, 2.45) is 5.92 Å². The third-order valence-corrected chi connectivity index (χ3v) is 2.91. The maximum Gasteiger partial charge on any atom is 0.159 e. The molecule has 0 amide bonds. The molecule has 0 saturated carbocycles. The van der Waals surface area contributed by atoms with Gasteiger partial charge < -0.3 is 5.32 Å². The van der Waals surface area contributed by atoms with Gasteiger partial charge in [0.15, 0.2) is 11.6 Å². The van der Waals surface area contributed by atoms with Gasteiger partial charge in [-0.2, -0.15) is 0 Å². The van der Waals surface area contributed by atoms with E-state index >= 15 is 0 Å². The Bertz CT molecular complexity index is 364. The maximum atomic E-state index is 13.1. The van der Waals surface area contributed by atoms with Gasteiger partial charge in [-0.25, -0.2) is 8.78 Å². The minimum atomic E-state index is -0.777. The average molecular weight is 255 g/mol. The van der Waals surface area contributed by atoms with E-state index in [4.69, 9.17) is 0 Å². The van der Waals surface area contributed by atoms with E-state index in [-0.39, 0.29) is 0 Å². The zero-order chi connectivity index (χ0) is 13.5. The highest BCUT2D eigenvalue weighted by atomic mass is 19.2. The molecule has 0 aromatic heterocycles. The summed E-state index contributed by atoms with van der Waals surface area (Å²) >= 11 is 0. The van der Waals surface area contributed by atoms with Gasteiger partial charge in [-0.1, -0.05) is 26.8 Å². The summed E-state index contributed by atoms with van der Waals surface area (Å²) in [6.45, 7) is 7.43. The second-order valence-electron chi connectivity index (χ2n) is 5.23. The normalized spacial score (nSPS) is 13.0. The van der Waals surface area contributed by atoms with Gasteiger partial charge in [0.25, 0.3) is 0 Å². The van der Waals surface area contributed by atoms with E-state index in [0.29, 0.717) is 12.0 Å². The third-order valence-electron chi connectivity index (χ3n) is 2.91. The zero-order valence-electron chi connectivity index (χ0n) is 11.5. The number of benzene rings is 1. The Morgan fingerprint density at radius 2 is 1.89 bits per heavy atom. The van der Waals surface area contributed by atoms with Crippen LogP contribution in [-0.2, 0) is 6.42 Å². The molecule has 0 radical (unpaired) electrons. The van der Waals surface area contributed by atoms with Crippen molar-refractivity contribution in [1.29, 1.82) is 0 Å². The summed E-state index contributed by atoms with van der Waals surface area (Å²) in [4.78, 5) is 0. The van der Waals surface area contributed by atoms with Crippen LogP contribution < -0.4 is 5.32 Å². The maximum absolute atomic E-state index is 13.1. The summed E-state index contributed by atoms with van der Waals surface area (Å²) in [5, 5.41) is 3.47. The van der Waals surface area contributed by atoms with Gasteiger partial charge in [0.05, 0.1) is 0 Å². The van der Waals surface area contributed by atoms with Crippen molar-refractivity contribution >= 4 is 0 Å². The molecular formula is C15H23F2N. The van der Waals surface area contributed by atoms with Crippen molar-refractivity contribution < 1.29 is 8.78 Å². The van der Waals surface area contributed by atoms with Crippen molar-refractivity contribution in [2.45, 2.75) is 46.1 Å². The van der Waals surface area contributed by atoms with Crippen molar-refractivity contribution in [2.75, 3.05) is 6.54 Å². The molecule has 102 valence electrons. The van der Waals surface area contributed by atoms with Crippen LogP contribution in [0.2, 0.25) is 0 Å². The van der Waals surface area contributed by atoms with E-state index in [0.717, 1.165) is 31.4 Å². The average Bonchev–Trinajstić information content (AvgIpc) is 2.30. The molecule has 0 saturated heterocycles. The molecular weight excluding hydrogens is 232 g/mol. The van der Waals surface area contributed by atoms with Gasteiger partial charge in [-0.05, 0) is 49.4 Å². The molecule has 1 N–H and O–H groups in total. The molecule has 0 heterocycles. The molecule has 0 aliphatic heterocycles. The Morgan fingerprint density at radius 1 is 1.17 bits per heavy atom. The lowest BCUT2D eigenvalue weighted by molar-refractivity contribution is 0.415.